The molecule has 0 amide bonds. The zero-order chi connectivity index (χ0) is 20.5. The molecule has 0 aliphatic rings. The molecule has 0 heterocycles. The third-order valence-corrected chi connectivity index (χ3v) is 3.78. The van der Waals surface area contributed by atoms with Crippen LogP contribution in [0.15, 0.2) is 72.8 Å². The van der Waals surface area contributed by atoms with Gasteiger partial charge in [0.15, 0.2) is 0 Å². The zero-order valence-corrected chi connectivity index (χ0v) is 15.6. The van der Waals surface area contributed by atoms with Crippen LogP contribution in [-0.2, 0) is 9.59 Å². The summed E-state index contributed by atoms with van der Waals surface area (Å²) < 4.78 is 10.2. The molecule has 2 N–H and O–H groups in total. The van der Waals surface area contributed by atoms with E-state index in [9.17, 15) is 19.8 Å². The molecule has 6 nitrogen and oxygen atoms in total. The average molecular weight is 382 g/mol. The third kappa shape index (κ3) is 5.90. The lowest BCUT2D eigenvalue weighted by atomic mass is 9.98. The molecule has 0 saturated heterocycles. The number of carbonyl (C=O) groups is 2. The summed E-state index contributed by atoms with van der Waals surface area (Å²) in [6.07, 6.45) is 3.37. The fourth-order valence-electron chi connectivity index (χ4n) is 2.40. The Balaban J connectivity index is 2.04. The molecule has 0 bridgehead atoms. The van der Waals surface area contributed by atoms with Crippen LogP contribution in [0.3, 0.4) is 0 Å². The summed E-state index contributed by atoms with van der Waals surface area (Å²) in [5, 5.41) is 20.8. The summed E-state index contributed by atoms with van der Waals surface area (Å²) in [5.74, 6) is -0.321. The molecule has 2 rings (SSSR count). The van der Waals surface area contributed by atoms with Gasteiger partial charge in [0, 0.05) is 12.2 Å². The van der Waals surface area contributed by atoms with E-state index in [2.05, 4.69) is 0 Å². The second-order valence-corrected chi connectivity index (χ2v) is 5.87. The number of hydrogen-bond donors (Lipinski definition) is 2. The van der Waals surface area contributed by atoms with Crippen molar-refractivity contribution in [2.45, 2.75) is 26.1 Å². The molecule has 0 aromatic heterocycles. The Hall–Kier alpha value is -3.22. The first kappa shape index (κ1) is 21.1. The van der Waals surface area contributed by atoms with Gasteiger partial charge in [-0.2, -0.15) is 0 Å². The van der Waals surface area contributed by atoms with Crippen LogP contribution in [0.1, 0.15) is 37.2 Å². The molecular formula is C22H22O6. The van der Waals surface area contributed by atoms with Crippen molar-refractivity contribution >= 4 is 11.9 Å². The van der Waals surface area contributed by atoms with Gasteiger partial charge < -0.3 is 19.7 Å². The Bertz CT molecular complexity index is 776. The molecule has 0 spiro atoms. The van der Waals surface area contributed by atoms with E-state index < -0.39 is 24.1 Å². The van der Waals surface area contributed by atoms with E-state index in [4.69, 9.17) is 9.47 Å². The Labute approximate surface area is 163 Å². The van der Waals surface area contributed by atoms with Crippen molar-refractivity contribution in [2.24, 2.45) is 0 Å². The maximum atomic E-state index is 11.4. The highest BCUT2D eigenvalue weighted by atomic mass is 16.5. The number of esters is 2. The van der Waals surface area contributed by atoms with Crippen molar-refractivity contribution in [3.63, 3.8) is 0 Å². The predicted molar refractivity (Wildman–Crippen MR) is 104 cm³/mol. The van der Waals surface area contributed by atoms with E-state index in [0.717, 1.165) is 0 Å². The van der Waals surface area contributed by atoms with Crippen molar-refractivity contribution < 1.29 is 29.3 Å². The molecule has 2 aromatic rings. The number of carbonyl (C=O) groups excluding carboxylic acids is 2. The van der Waals surface area contributed by atoms with Crippen LogP contribution >= 0.6 is 0 Å². The summed E-state index contributed by atoms with van der Waals surface area (Å²) in [6.45, 7) is 3.42. The first-order chi connectivity index (χ1) is 13.4. The van der Waals surface area contributed by atoms with E-state index in [1.54, 1.807) is 50.3 Å². The van der Waals surface area contributed by atoms with Crippen molar-refractivity contribution in [3.05, 3.63) is 84.0 Å². The van der Waals surface area contributed by atoms with Gasteiger partial charge in [-0.25, -0.2) is 9.59 Å². The molecule has 2 atom stereocenters. The summed E-state index contributed by atoms with van der Waals surface area (Å²) in [6, 6.07) is 12.4. The number of rotatable bonds is 7. The second-order valence-electron chi connectivity index (χ2n) is 5.87. The largest absolute Gasteiger partial charge is 0.423 e. The summed E-state index contributed by atoms with van der Waals surface area (Å²) in [7, 11) is 0. The monoisotopic (exact) mass is 382 g/mol. The minimum atomic E-state index is -1.18. The van der Waals surface area contributed by atoms with E-state index >= 15 is 0 Å². The van der Waals surface area contributed by atoms with Gasteiger partial charge in [0.1, 0.15) is 23.7 Å². The van der Waals surface area contributed by atoms with Crippen molar-refractivity contribution in [2.75, 3.05) is 0 Å². The summed E-state index contributed by atoms with van der Waals surface area (Å²) in [4.78, 5) is 22.8. The Kier molecular flexibility index (Phi) is 7.68. The normalized spacial score (nSPS) is 13.4. The van der Waals surface area contributed by atoms with E-state index in [1.165, 1.54) is 36.4 Å². The Morgan fingerprint density at radius 2 is 1.04 bits per heavy atom. The van der Waals surface area contributed by atoms with Crippen molar-refractivity contribution in [3.8, 4) is 11.5 Å². The third-order valence-electron chi connectivity index (χ3n) is 3.78. The molecule has 146 valence electrons. The van der Waals surface area contributed by atoms with Gasteiger partial charge >= 0.3 is 11.9 Å². The van der Waals surface area contributed by atoms with Crippen LogP contribution < -0.4 is 9.47 Å². The predicted octanol–water partition coefficient (Wildman–Crippen LogP) is 3.42. The molecule has 2 aromatic carbocycles. The number of hydrogen-bond acceptors (Lipinski definition) is 6. The number of aliphatic hydroxyl groups is 2. The van der Waals surface area contributed by atoms with E-state index in [0.29, 0.717) is 22.6 Å². The fraction of sp³-hybridized carbons (Fsp3) is 0.182. The molecule has 0 aliphatic carbocycles. The molecule has 0 unspecified atom stereocenters. The van der Waals surface area contributed by atoms with Gasteiger partial charge in [-0.05, 0) is 49.2 Å². The Morgan fingerprint density at radius 1 is 0.714 bits per heavy atom. The lowest BCUT2D eigenvalue weighted by Crippen LogP contribution is -2.11. The minimum Gasteiger partial charge on any atom is -0.423 e. The second kappa shape index (κ2) is 10.2. The van der Waals surface area contributed by atoms with Gasteiger partial charge in [0.05, 0.1) is 0 Å². The SMILES string of the molecule is C/C=C/C(=O)Oc1ccc([C@H](O)[C@@H](O)c2ccc(OC(=O)/C=C/C)cc2)cc1. The first-order valence-electron chi connectivity index (χ1n) is 8.69. The minimum absolute atomic E-state index is 0.334. The highest BCUT2D eigenvalue weighted by Crippen LogP contribution is 2.30. The molecule has 6 heteroatoms. The van der Waals surface area contributed by atoms with Gasteiger partial charge in [0.25, 0.3) is 0 Å². The summed E-state index contributed by atoms with van der Waals surface area (Å²) >= 11 is 0. The molecule has 0 aliphatic heterocycles. The lowest BCUT2D eigenvalue weighted by molar-refractivity contribution is -0.129. The van der Waals surface area contributed by atoms with Crippen LogP contribution in [0.4, 0.5) is 0 Å². The highest BCUT2D eigenvalue weighted by molar-refractivity contribution is 5.84. The van der Waals surface area contributed by atoms with Gasteiger partial charge in [-0.15, -0.1) is 0 Å². The number of aliphatic hydroxyl groups excluding tert-OH is 2. The molecule has 0 radical (unpaired) electrons. The van der Waals surface area contributed by atoms with Crippen LogP contribution in [-0.4, -0.2) is 22.2 Å². The quantitative estimate of drug-likeness (QED) is 0.433. The number of allylic oxidation sites excluding steroid dienone is 2. The standard InChI is InChI=1S/C22H22O6/c1-3-5-19(23)27-17-11-7-15(8-12-17)21(25)22(26)16-9-13-18(14-10-16)28-20(24)6-4-2/h3-14,21-22,25-26H,1-2H3/b5-3+,6-4+/t21-,22-/m0/s1. The smallest absolute Gasteiger partial charge is 0.335 e. The van der Waals surface area contributed by atoms with E-state index in [1.807, 2.05) is 0 Å². The van der Waals surface area contributed by atoms with Gasteiger partial charge in [0.2, 0.25) is 0 Å². The molecule has 28 heavy (non-hydrogen) atoms. The lowest BCUT2D eigenvalue weighted by Gasteiger charge is -2.19. The zero-order valence-electron chi connectivity index (χ0n) is 15.6. The average Bonchev–Trinajstić information content (AvgIpc) is 2.68. The first-order valence-corrected chi connectivity index (χ1v) is 8.69. The van der Waals surface area contributed by atoms with Crippen LogP contribution in [0.25, 0.3) is 0 Å². The number of ether oxygens (including phenoxy) is 2. The molecule has 0 fully saturated rings. The topological polar surface area (TPSA) is 93.1 Å². The van der Waals surface area contributed by atoms with E-state index in [-0.39, 0.29) is 0 Å². The van der Waals surface area contributed by atoms with Crippen LogP contribution in [0.2, 0.25) is 0 Å². The van der Waals surface area contributed by atoms with Gasteiger partial charge in [-0.1, -0.05) is 36.4 Å². The Morgan fingerprint density at radius 3 is 1.32 bits per heavy atom. The fourth-order valence-corrected chi connectivity index (χ4v) is 2.40. The highest BCUT2D eigenvalue weighted by Gasteiger charge is 2.20. The molecule has 0 saturated carbocycles. The van der Waals surface area contributed by atoms with Crippen molar-refractivity contribution in [1.82, 2.24) is 0 Å². The maximum absolute atomic E-state index is 11.4. The van der Waals surface area contributed by atoms with Crippen LogP contribution in [0, 0.1) is 0 Å². The number of benzene rings is 2. The maximum Gasteiger partial charge on any atom is 0.335 e. The molecular weight excluding hydrogens is 360 g/mol. The van der Waals surface area contributed by atoms with Crippen LogP contribution in [0.5, 0.6) is 11.5 Å². The summed E-state index contributed by atoms with van der Waals surface area (Å²) in [5.41, 5.74) is 0.920. The van der Waals surface area contributed by atoms with Crippen molar-refractivity contribution in [1.29, 1.82) is 0 Å². The van der Waals surface area contributed by atoms with Gasteiger partial charge in [-0.3, -0.25) is 0 Å².